The van der Waals surface area contributed by atoms with Crippen LogP contribution in [0.3, 0.4) is 0 Å². The zero-order valence-electron chi connectivity index (χ0n) is 9.07. The van der Waals surface area contributed by atoms with Gasteiger partial charge in [-0.3, -0.25) is 0 Å². The van der Waals surface area contributed by atoms with Gasteiger partial charge in [-0.2, -0.15) is 0 Å². The first-order valence-electron chi connectivity index (χ1n) is 5.32. The Morgan fingerprint density at radius 3 is 2.80 bits per heavy atom. The summed E-state index contributed by atoms with van der Waals surface area (Å²) < 4.78 is 0. The Hall–Kier alpha value is -0.900. The lowest BCUT2D eigenvalue weighted by Gasteiger charge is -2.33. The van der Waals surface area contributed by atoms with Crippen molar-refractivity contribution < 1.29 is 0 Å². The average molecular weight is 227 g/mol. The van der Waals surface area contributed by atoms with Crippen LogP contribution < -0.4 is 4.90 Å². The largest absolute Gasteiger partial charge is 0.337 e. The first-order chi connectivity index (χ1) is 7.18. The van der Waals surface area contributed by atoms with E-state index in [4.69, 9.17) is 11.6 Å². The van der Waals surface area contributed by atoms with Gasteiger partial charge in [0.1, 0.15) is 0 Å². The first-order valence-corrected chi connectivity index (χ1v) is 5.70. The molecule has 0 radical (unpaired) electrons. The molecule has 2 rings (SSSR count). The Balaban J connectivity index is 2.24. The zero-order valence-corrected chi connectivity index (χ0v) is 9.83. The van der Waals surface area contributed by atoms with Crippen molar-refractivity contribution in [1.29, 1.82) is 0 Å². The molecule has 1 aromatic heterocycles. The number of piperidine rings is 1. The highest BCUT2D eigenvalue weighted by Gasteiger charge is 2.21. The SMILES string of the molecule is Cc1nc(N2CCCC[C@H]2C)nnc1Cl. The average Bonchev–Trinajstić information content (AvgIpc) is 2.23. The molecule has 4 nitrogen and oxygen atoms in total. The minimum atomic E-state index is 0.392. The van der Waals surface area contributed by atoms with Crippen LogP contribution in [0, 0.1) is 6.92 Å². The third-order valence-electron chi connectivity index (χ3n) is 2.85. The van der Waals surface area contributed by atoms with Crippen molar-refractivity contribution in [2.24, 2.45) is 0 Å². The molecule has 1 aliphatic rings. The summed E-state index contributed by atoms with van der Waals surface area (Å²) in [4.78, 5) is 6.58. The van der Waals surface area contributed by atoms with Crippen molar-refractivity contribution in [3.63, 3.8) is 0 Å². The molecule has 2 heterocycles. The van der Waals surface area contributed by atoms with Crippen LogP contribution >= 0.6 is 11.6 Å². The van der Waals surface area contributed by atoms with E-state index >= 15 is 0 Å². The van der Waals surface area contributed by atoms with Crippen molar-refractivity contribution in [1.82, 2.24) is 15.2 Å². The lowest BCUT2D eigenvalue weighted by atomic mass is 10.0. The second-order valence-electron chi connectivity index (χ2n) is 4.03. The predicted octanol–water partition coefficient (Wildman–Crippen LogP) is 2.21. The Morgan fingerprint density at radius 1 is 1.33 bits per heavy atom. The summed E-state index contributed by atoms with van der Waals surface area (Å²) in [6, 6.07) is 0.501. The number of hydrogen-bond acceptors (Lipinski definition) is 4. The number of hydrogen-bond donors (Lipinski definition) is 0. The van der Waals surface area contributed by atoms with E-state index in [1.165, 1.54) is 19.3 Å². The molecule has 82 valence electrons. The lowest BCUT2D eigenvalue weighted by molar-refractivity contribution is 0.474. The van der Waals surface area contributed by atoms with Gasteiger partial charge in [-0.25, -0.2) is 4.98 Å². The minimum absolute atomic E-state index is 0.392. The Bertz CT molecular complexity index is 355. The van der Waals surface area contributed by atoms with E-state index in [-0.39, 0.29) is 0 Å². The van der Waals surface area contributed by atoms with Crippen LogP contribution in [-0.4, -0.2) is 27.8 Å². The summed E-state index contributed by atoms with van der Waals surface area (Å²) in [6.07, 6.45) is 3.69. The molecular formula is C10H15ClN4. The van der Waals surface area contributed by atoms with Crippen LogP contribution in [0.25, 0.3) is 0 Å². The molecule has 1 saturated heterocycles. The summed E-state index contributed by atoms with van der Waals surface area (Å²) in [5.74, 6) is 0.712. The molecule has 0 spiro atoms. The number of halogens is 1. The monoisotopic (exact) mass is 226 g/mol. The topological polar surface area (TPSA) is 41.9 Å². The molecule has 0 amide bonds. The highest BCUT2D eigenvalue weighted by atomic mass is 35.5. The quantitative estimate of drug-likeness (QED) is 0.737. The fraction of sp³-hybridized carbons (Fsp3) is 0.700. The van der Waals surface area contributed by atoms with Gasteiger partial charge in [0.15, 0.2) is 5.15 Å². The van der Waals surface area contributed by atoms with Crippen molar-refractivity contribution in [3.05, 3.63) is 10.8 Å². The van der Waals surface area contributed by atoms with Crippen LogP contribution in [0.5, 0.6) is 0 Å². The maximum Gasteiger partial charge on any atom is 0.245 e. The van der Waals surface area contributed by atoms with Crippen LogP contribution in [0.1, 0.15) is 31.9 Å². The van der Waals surface area contributed by atoms with Crippen LogP contribution in [0.4, 0.5) is 5.95 Å². The van der Waals surface area contributed by atoms with Gasteiger partial charge >= 0.3 is 0 Å². The van der Waals surface area contributed by atoms with E-state index in [0.29, 0.717) is 17.1 Å². The number of anilines is 1. The lowest BCUT2D eigenvalue weighted by Crippen LogP contribution is -2.38. The maximum atomic E-state index is 5.80. The van der Waals surface area contributed by atoms with Gasteiger partial charge in [-0.05, 0) is 33.1 Å². The Labute approximate surface area is 94.7 Å². The Kier molecular flexibility index (Phi) is 3.05. The van der Waals surface area contributed by atoms with Crippen LogP contribution in [-0.2, 0) is 0 Å². The molecule has 1 aromatic rings. The van der Waals surface area contributed by atoms with Crippen molar-refractivity contribution in [3.8, 4) is 0 Å². The van der Waals surface area contributed by atoms with Crippen LogP contribution in [0.2, 0.25) is 5.15 Å². The van der Waals surface area contributed by atoms with E-state index < -0.39 is 0 Å². The Morgan fingerprint density at radius 2 is 2.13 bits per heavy atom. The van der Waals surface area contributed by atoms with Crippen molar-refractivity contribution >= 4 is 17.5 Å². The van der Waals surface area contributed by atoms with E-state index in [2.05, 4.69) is 27.0 Å². The minimum Gasteiger partial charge on any atom is -0.337 e. The second kappa shape index (κ2) is 4.31. The van der Waals surface area contributed by atoms with Crippen LogP contribution in [0.15, 0.2) is 0 Å². The summed E-state index contributed by atoms with van der Waals surface area (Å²) in [5.41, 5.74) is 0.749. The molecule has 0 aromatic carbocycles. The fourth-order valence-electron chi connectivity index (χ4n) is 1.90. The number of nitrogens with zero attached hydrogens (tertiary/aromatic N) is 4. The molecule has 0 saturated carbocycles. The zero-order chi connectivity index (χ0) is 10.8. The normalized spacial score (nSPS) is 21.8. The highest BCUT2D eigenvalue weighted by molar-refractivity contribution is 6.29. The van der Waals surface area contributed by atoms with Crippen molar-refractivity contribution in [2.75, 3.05) is 11.4 Å². The molecular weight excluding hydrogens is 212 g/mol. The molecule has 1 atom stereocenters. The van der Waals surface area contributed by atoms with Gasteiger partial charge < -0.3 is 4.90 Å². The fourth-order valence-corrected chi connectivity index (χ4v) is 1.98. The van der Waals surface area contributed by atoms with Gasteiger partial charge in [0, 0.05) is 12.6 Å². The van der Waals surface area contributed by atoms with Gasteiger partial charge in [-0.1, -0.05) is 11.6 Å². The summed E-state index contributed by atoms with van der Waals surface area (Å²) >= 11 is 5.80. The summed E-state index contributed by atoms with van der Waals surface area (Å²) in [7, 11) is 0. The summed E-state index contributed by atoms with van der Waals surface area (Å²) in [5, 5.41) is 8.34. The maximum absolute atomic E-state index is 5.80. The number of aromatic nitrogens is 3. The van der Waals surface area contributed by atoms with Crippen molar-refractivity contribution in [2.45, 2.75) is 39.2 Å². The third-order valence-corrected chi connectivity index (χ3v) is 3.20. The number of aryl methyl sites for hydroxylation is 1. The highest BCUT2D eigenvalue weighted by Crippen LogP contribution is 2.21. The van der Waals surface area contributed by atoms with E-state index in [1.54, 1.807) is 0 Å². The summed E-state index contributed by atoms with van der Waals surface area (Å²) in [6.45, 7) is 5.07. The molecule has 0 aliphatic carbocycles. The standard InChI is InChI=1S/C10H15ClN4/c1-7-5-3-4-6-15(7)10-12-8(2)9(11)13-14-10/h7H,3-6H2,1-2H3/t7-/m1/s1. The molecule has 0 unspecified atom stereocenters. The predicted molar refractivity (Wildman–Crippen MR) is 60.2 cm³/mol. The van der Waals surface area contributed by atoms with E-state index in [9.17, 15) is 0 Å². The molecule has 1 aliphatic heterocycles. The van der Waals surface area contributed by atoms with Gasteiger partial charge in [0.25, 0.3) is 0 Å². The second-order valence-corrected chi connectivity index (χ2v) is 4.38. The third kappa shape index (κ3) is 2.20. The first kappa shape index (κ1) is 10.6. The smallest absolute Gasteiger partial charge is 0.245 e. The molecule has 5 heteroatoms. The number of rotatable bonds is 1. The van der Waals surface area contributed by atoms with Gasteiger partial charge in [-0.15, -0.1) is 10.2 Å². The molecule has 0 bridgehead atoms. The van der Waals surface area contributed by atoms with E-state index in [1.807, 2.05) is 6.92 Å². The molecule has 0 N–H and O–H groups in total. The van der Waals surface area contributed by atoms with Gasteiger partial charge in [0.2, 0.25) is 5.95 Å². The van der Waals surface area contributed by atoms with Gasteiger partial charge in [0.05, 0.1) is 5.69 Å². The molecule has 1 fully saturated rings. The van der Waals surface area contributed by atoms with E-state index in [0.717, 1.165) is 12.2 Å². The molecule has 15 heavy (non-hydrogen) atoms.